The second kappa shape index (κ2) is 6.17. The number of carbonyl (C=O) groups is 3. The minimum Gasteiger partial charge on any atom is -0.550 e. The Bertz CT molecular complexity index is 356. The van der Waals surface area contributed by atoms with Crippen LogP contribution in [0.2, 0.25) is 0 Å². The standard InChI is InChI=1S/C14H21NO4/c16-12(17)8-2-1-5-9-15-13(18)10-6-3-4-7-11(10)14(15)19/h10-11H,1-9H2,(H,16,17)/p-1/t10-,11-/m0/s1. The molecule has 0 aromatic rings. The van der Waals surface area contributed by atoms with Gasteiger partial charge < -0.3 is 9.90 Å². The smallest absolute Gasteiger partial charge is 0.233 e. The molecule has 0 aromatic carbocycles. The molecule has 5 heteroatoms. The van der Waals surface area contributed by atoms with Gasteiger partial charge in [0.25, 0.3) is 0 Å². The van der Waals surface area contributed by atoms with Gasteiger partial charge in [0.15, 0.2) is 0 Å². The molecule has 0 unspecified atom stereocenters. The summed E-state index contributed by atoms with van der Waals surface area (Å²) < 4.78 is 0. The minimum atomic E-state index is -1.04. The average molecular weight is 266 g/mol. The zero-order chi connectivity index (χ0) is 13.8. The number of amides is 2. The fourth-order valence-electron chi connectivity index (χ4n) is 3.17. The molecule has 0 aromatic heterocycles. The summed E-state index contributed by atoms with van der Waals surface area (Å²) in [5.74, 6) is -1.21. The Balaban J connectivity index is 1.78. The number of carboxylic acids is 1. The number of fused-ring (bicyclic) bond motifs is 1. The van der Waals surface area contributed by atoms with Crippen molar-refractivity contribution in [3.8, 4) is 0 Å². The Kier molecular flexibility index (Phi) is 4.56. The Hall–Kier alpha value is -1.39. The van der Waals surface area contributed by atoms with Crippen molar-refractivity contribution in [1.82, 2.24) is 4.90 Å². The van der Waals surface area contributed by atoms with Crippen LogP contribution in [0.1, 0.15) is 51.4 Å². The average Bonchev–Trinajstić information content (AvgIpc) is 2.63. The predicted molar refractivity (Wildman–Crippen MR) is 65.6 cm³/mol. The van der Waals surface area contributed by atoms with Crippen LogP contribution in [0, 0.1) is 11.8 Å². The van der Waals surface area contributed by atoms with Crippen molar-refractivity contribution >= 4 is 17.8 Å². The summed E-state index contributed by atoms with van der Waals surface area (Å²) in [4.78, 5) is 35.9. The number of likely N-dealkylation sites (tertiary alicyclic amines) is 1. The van der Waals surface area contributed by atoms with Crippen LogP contribution < -0.4 is 5.11 Å². The number of imide groups is 1. The van der Waals surface area contributed by atoms with Crippen molar-refractivity contribution in [3.63, 3.8) is 0 Å². The van der Waals surface area contributed by atoms with Gasteiger partial charge in [0.1, 0.15) is 0 Å². The van der Waals surface area contributed by atoms with E-state index < -0.39 is 5.97 Å². The normalized spacial score (nSPS) is 26.6. The maximum Gasteiger partial charge on any atom is 0.233 e. The van der Waals surface area contributed by atoms with Crippen LogP contribution in [0.15, 0.2) is 0 Å². The molecular weight excluding hydrogens is 246 g/mol. The van der Waals surface area contributed by atoms with Crippen molar-refractivity contribution in [2.45, 2.75) is 51.4 Å². The van der Waals surface area contributed by atoms with Gasteiger partial charge in [0.05, 0.1) is 11.8 Å². The van der Waals surface area contributed by atoms with Crippen molar-refractivity contribution < 1.29 is 19.5 Å². The van der Waals surface area contributed by atoms with Gasteiger partial charge in [-0.15, -0.1) is 0 Å². The maximum atomic E-state index is 12.1. The van der Waals surface area contributed by atoms with Gasteiger partial charge in [-0.2, -0.15) is 0 Å². The van der Waals surface area contributed by atoms with Crippen LogP contribution >= 0.6 is 0 Å². The zero-order valence-electron chi connectivity index (χ0n) is 11.1. The number of carbonyl (C=O) groups excluding carboxylic acids is 3. The SMILES string of the molecule is O=C([O-])CCCCCN1C(=O)[C@H]2CCCC[C@@H]2C1=O. The molecule has 1 heterocycles. The summed E-state index contributed by atoms with van der Waals surface area (Å²) in [7, 11) is 0. The van der Waals surface area contributed by atoms with Crippen molar-refractivity contribution in [2.75, 3.05) is 6.54 Å². The second-order valence-corrected chi connectivity index (χ2v) is 5.51. The third kappa shape index (κ3) is 3.14. The van der Waals surface area contributed by atoms with E-state index in [1.165, 1.54) is 4.90 Å². The van der Waals surface area contributed by atoms with Gasteiger partial charge in [-0.3, -0.25) is 14.5 Å². The number of aliphatic carboxylic acids is 1. The van der Waals surface area contributed by atoms with Gasteiger partial charge in [-0.1, -0.05) is 19.3 Å². The molecule has 2 amide bonds. The van der Waals surface area contributed by atoms with Crippen LogP contribution in [0.3, 0.4) is 0 Å². The highest BCUT2D eigenvalue weighted by Gasteiger charge is 2.47. The van der Waals surface area contributed by atoms with Crippen molar-refractivity contribution in [1.29, 1.82) is 0 Å². The molecule has 2 atom stereocenters. The third-order valence-corrected chi connectivity index (χ3v) is 4.20. The first-order valence-corrected chi connectivity index (χ1v) is 7.16. The molecule has 1 aliphatic heterocycles. The lowest BCUT2D eigenvalue weighted by molar-refractivity contribution is -0.305. The summed E-state index contributed by atoms with van der Waals surface area (Å²) in [6.45, 7) is 0.442. The fourth-order valence-corrected chi connectivity index (χ4v) is 3.17. The summed E-state index contributed by atoms with van der Waals surface area (Å²) in [6, 6.07) is 0. The van der Waals surface area contributed by atoms with Gasteiger partial charge >= 0.3 is 0 Å². The molecule has 1 saturated carbocycles. The molecule has 0 bridgehead atoms. The highest BCUT2D eigenvalue weighted by molar-refractivity contribution is 6.05. The number of rotatable bonds is 6. The minimum absolute atomic E-state index is 0.00500. The molecule has 19 heavy (non-hydrogen) atoms. The van der Waals surface area contributed by atoms with E-state index in [1.54, 1.807) is 0 Å². The highest BCUT2D eigenvalue weighted by atomic mass is 16.4. The molecule has 1 saturated heterocycles. The lowest BCUT2D eigenvalue weighted by Gasteiger charge is -2.19. The highest BCUT2D eigenvalue weighted by Crippen LogP contribution is 2.38. The summed E-state index contributed by atoms with van der Waals surface area (Å²) in [5.41, 5.74) is 0. The monoisotopic (exact) mass is 266 g/mol. The third-order valence-electron chi connectivity index (χ3n) is 4.20. The van der Waals surface area contributed by atoms with E-state index in [9.17, 15) is 19.5 Å². The predicted octanol–water partition coefficient (Wildman–Crippen LogP) is 0.472. The lowest BCUT2D eigenvalue weighted by Crippen LogP contribution is -2.32. The quantitative estimate of drug-likeness (QED) is 0.517. The van der Waals surface area contributed by atoms with Crippen LogP contribution in [0.4, 0.5) is 0 Å². The molecule has 106 valence electrons. The molecule has 0 N–H and O–H groups in total. The molecule has 0 radical (unpaired) electrons. The summed E-state index contributed by atoms with van der Waals surface area (Å²) >= 11 is 0. The van der Waals surface area contributed by atoms with Crippen LogP contribution in [-0.2, 0) is 14.4 Å². The van der Waals surface area contributed by atoms with Gasteiger partial charge in [-0.25, -0.2) is 0 Å². The summed E-state index contributed by atoms with van der Waals surface area (Å²) in [5, 5.41) is 10.3. The van der Waals surface area contributed by atoms with Crippen LogP contribution in [0.25, 0.3) is 0 Å². The van der Waals surface area contributed by atoms with Gasteiger partial charge in [-0.05, 0) is 32.1 Å². The van der Waals surface area contributed by atoms with Crippen LogP contribution in [0.5, 0.6) is 0 Å². The van der Waals surface area contributed by atoms with E-state index >= 15 is 0 Å². The fraction of sp³-hybridized carbons (Fsp3) is 0.786. The molecule has 5 nitrogen and oxygen atoms in total. The zero-order valence-corrected chi connectivity index (χ0v) is 11.1. The maximum absolute atomic E-state index is 12.1. The molecule has 0 spiro atoms. The van der Waals surface area contributed by atoms with E-state index in [4.69, 9.17) is 0 Å². The van der Waals surface area contributed by atoms with Gasteiger partial charge in [0, 0.05) is 12.5 Å². The number of hydrogen-bond donors (Lipinski definition) is 0. The Morgan fingerprint density at radius 2 is 1.63 bits per heavy atom. The van der Waals surface area contributed by atoms with Crippen LogP contribution in [-0.4, -0.2) is 29.2 Å². The Labute approximate surface area is 113 Å². The summed E-state index contributed by atoms with van der Waals surface area (Å²) in [6.07, 6.45) is 5.76. The van der Waals surface area contributed by atoms with Gasteiger partial charge in [0.2, 0.25) is 11.8 Å². The first kappa shape index (κ1) is 14.0. The van der Waals surface area contributed by atoms with Crippen molar-refractivity contribution in [2.24, 2.45) is 11.8 Å². The molecular formula is C14H20NO4-. The second-order valence-electron chi connectivity index (χ2n) is 5.51. The molecule has 1 aliphatic carbocycles. The Morgan fingerprint density at radius 3 is 2.16 bits per heavy atom. The Morgan fingerprint density at radius 1 is 1.05 bits per heavy atom. The van der Waals surface area contributed by atoms with E-state index in [0.717, 1.165) is 25.7 Å². The number of nitrogens with zero attached hydrogens (tertiary/aromatic N) is 1. The van der Waals surface area contributed by atoms with Crippen molar-refractivity contribution in [3.05, 3.63) is 0 Å². The first-order chi connectivity index (χ1) is 9.11. The number of unbranched alkanes of at least 4 members (excludes halogenated alkanes) is 2. The number of carboxylic acid groups (broad SMARTS) is 1. The molecule has 2 rings (SSSR count). The number of hydrogen-bond acceptors (Lipinski definition) is 4. The largest absolute Gasteiger partial charge is 0.550 e. The topological polar surface area (TPSA) is 77.5 Å². The molecule has 2 aliphatic rings. The molecule has 2 fully saturated rings. The van der Waals surface area contributed by atoms with E-state index in [1.807, 2.05) is 0 Å². The lowest BCUT2D eigenvalue weighted by atomic mass is 9.81. The van der Waals surface area contributed by atoms with E-state index in [0.29, 0.717) is 25.8 Å². The van der Waals surface area contributed by atoms with E-state index in [2.05, 4.69) is 0 Å². The first-order valence-electron chi connectivity index (χ1n) is 7.16. The van der Waals surface area contributed by atoms with E-state index in [-0.39, 0.29) is 30.1 Å².